The van der Waals surface area contributed by atoms with Gasteiger partial charge in [-0.2, -0.15) is 11.8 Å². The van der Waals surface area contributed by atoms with E-state index in [1.165, 1.54) is 24.2 Å². The molecular formula is C15H26IN3OS. The third kappa shape index (κ3) is 9.08. The maximum atomic E-state index is 5.14. The second kappa shape index (κ2) is 13.1. The topological polar surface area (TPSA) is 45.7 Å². The van der Waals surface area contributed by atoms with Crippen molar-refractivity contribution in [2.45, 2.75) is 19.4 Å². The molecular weight excluding hydrogens is 397 g/mol. The fraction of sp³-hybridized carbons (Fsp3) is 0.533. The van der Waals surface area contributed by atoms with Crippen LogP contribution in [-0.4, -0.2) is 38.7 Å². The van der Waals surface area contributed by atoms with E-state index in [0.29, 0.717) is 0 Å². The van der Waals surface area contributed by atoms with E-state index in [0.717, 1.165) is 24.8 Å². The quantitative estimate of drug-likeness (QED) is 0.292. The van der Waals surface area contributed by atoms with E-state index in [4.69, 9.17) is 4.74 Å². The molecule has 6 heteroatoms. The lowest BCUT2D eigenvalue weighted by Gasteiger charge is -2.12. The van der Waals surface area contributed by atoms with Crippen LogP contribution >= 0.6 is 35.7 Å². The largest absolute Gasteiger partial charge is 0.497 e. The zero-order valence-electron chi connectivity index (χ0n) is 13.0. The van der Waals surface area contributed by atoms with Crippen molar-refractivity contribution in [1.82, 2.24) is 10.6 Å². The highest BCUT2D eigenvalue weighted by Gasteiger charge is 1.98. The van der Waals surface area contributed by atoms with Crippen LogP contribution in [0.25, 0.3) is 0 Å². The van der Waals surface area contributed by atoms with Crippen molar-refractivity contribution in [2.75, 3.05) is 32.7 Å². The number of benzene rings is 1. The first kappa shape index (κ1) is 20.4. The molecule has 0 atom stereocenters. The van der Waals surface area contributed by atoms with Crippen LogP contribution in [0.2, 0.25) is 0 Å². The highest BCUT2D eigenvalue weighted by Crippen LogP contribution is 2.10. The van der Waals surface area contributed by atoms with Crippen molar-refractivity contribution in [3.05, 3.63) is 29.8 Å². The number of rotatable bonds is 8. The molecule has 0 saturated heterocycles. The van der Waals surface area contributed by atoms with E-state index in [9.17, 15) is 0 Å². The number of nitrogens with zero attached hydrogens (tertiary/aromatic N) is 1. The molecule has 0 aliphatic rings. The van der Waals surface area contributed by atoms with E-state index in [2.05, 4.69) is 34.0 Å². The predicted octanol–water partition coefficient (Wildman–Crippen LogP) is 3.12. The molecule has 0 amide bonds. The lowest BCUT2D eigenvalue weighted by atomic mass is 10.2. The summed E-state index contributed by atoms with van der Waals surface area (Å²) in [7, 11) is 3.47. The maximum Gasteiger partial charge on any atom is 0.191 e. The molecule has 0 saturated carbocycles. The SMILES string of the molecule is CN=C(NCCCCSC)NCc1ccc(OC)cc1.I. The number of guanidine groups is 1. The van der Waals surface area contributed by atoms with Crippen molar-refractivity contribution in [3.63, 3.8) is 0 Å². The molecule has 2 N–H and O–H groups in total. The van der Waals surface area contributed by atoms with Crippen LogP contribution in [0.5, 0.6) is 5.75 Å². The predicted molar refractivity (Wildman–Crippen MR) is 104 cm³/mol. The van der Waals surface area contributed by atoms with Gasteiger partial charge in [-0.3, -0.25) is 4.99 Å². The number of nitrogens with one attached hydrogen (secondary N) is 2. The smallest absolute Gasteiger partial charge is 0.191 e. The van der Waals surface area contributed by atoms with Gasteiger partial charge in [0, 0.05) is 20.1 Å². The van der Waals surface area contributed by atoms with Crippen LogP contribution in [0.3, 0.4) is 0 Å². The van der Waals surface area contributed by atoms with Crippen LogP contribution in [0.1, 0.15) is 18.4 Å². The molecule has 120 valence electrons. The van der Waals surface area contributed by atoms with Gasteiger partial charge in [0.25, 0.3) is 0 Å². The average molecular weight is 423 g/mol. The lowest BCUT2D eigenvalue weighted by Crippen LogP contribution is -2.37. The lowest BCUT2D eigenvalue weighted by molar-refractivity contribution is 0.414. The molecule has 0 bridgehead atoms. The van der Waals surface area contributed by atoms with Crippen LogP contribution in [0.4, 0.5) is 0 Å². The van der Waals surface area contributed by atoms with Gasteiger partial charge < -0.3 is 15.4 Å². The van der Waals surface area contributed by atoms with Gasteiger partial charge in [0.05, 0.1) is 7.11 Å². The Morgan fingerprint density at radius 3 is 2.48 bits per heavy atom. The maximum absolute atomic E-state index is 5.14. The van der Waals surface area contributed by atoms with Gasteiger partial charge in [-0.05, 0) is 42.5 Å². The van der Waals surface area contributed by atoms with Crippen molar-refractivity contribution in [2.24, 2.45) is 4.99 Å². The molecule has 4 nitrogen and oxygen atoms in total. The third-order valence-electron chi connectivity index (χ3n) is 2.91. The number of hydrogen-bond donors (Lipinski definition) is 2. The van der Waals surface area contributed by atoms with Crippen LogP contribution < -0.4 is 15.4 Å². The standard InChI is InChI=1S/C15H25N3OS.HI/c1-16-15(17-10-4-5-11-20-3)18-12-13-6-8-14(19-2)9-7-13;/h6-9H,4-5,10-12H2,1-3H3,(H2,16,17,18);1H. The van der Waals surface area contributed by atoms with E-state index < -0.39 is 0 Å². The zero-order chi connectivity index (χ0) is 14.6. The Balaban J connectivity index is 0.00000400. The van der Waals surface area contributed by atoms with Crippen LogP contribution in [0, 0.1) is 0 Å². The first-order valence-corrected chi connectivity index (χ1v) is 8.26. The molecule has 0 aliphatic heterocycles. The number of methoxy groups -OCH3 is 1. The summed E-state index contributed by atoms with van der Waals surface area (Å²) in [5.41, 5.74) is 1.20. The molecule has 0 radical (unpaired) electrons. The molecule has 0 unspecified atom stereocenters. The summed E-state index contributed by atoms with van der Waals surface area (Å²) < 4.78 is 5.14. The molecule has 1 aromatic rings. The summed E-state index contributed by atoms with van der Waals surface area (Å²) >= 11 is 1.89. The fourth-order valence-corrected chi connectivity index (χ4v) is 2.22. The first-order valence-electron chi connectivity index (χ1n) is 6.86. The Labute approximate surface area is 149 Å². The molecule has 1 rings (SSSR count). The fourth-order valence-electron chi connectivity index (χ4n) is 1.73. The Bertz CT molecular complexity index is 398. The van der Waals surface area contributed by atoms with Crippen LogP contribution in [-0.2, 0) is 6.54 Å². The Kier molecular flexibility index (Phi) is 12.7. The number of ether oxygens (including phenoxy) is 1. The van der Waals surface area contributed by atoms with Crippen LogP contribution in [0.15, 0.2) is 29.3 Å². The van der Waals surface area contributed by atoms with Gasteiger partial charge in [-0.25, -0.2) is 0 Å². The zero-order valence-corrected chi connectivity index (χ0v) is 16.2. The van der Waals surface area contributed by atoms with Gasteiger partial charge in [0.15, 0.2) is 5.96 Å². The molecule has 0 aliphatic carbocycles. The number of thioether (sulfide) groups is 1. The molecule has 21 heavy (non-hydrogen) atoms. The summed E-state index contributed by atoms with van der Waals surface area (Å²) in [4.78, 5) is 4.22. The number of aliphatic imine (C=N–C) groups is 1. The van der Waals surface area contributed by atoms with E-state index >= 15 is 0 Å². The van der Waals surface area contributed by atoms with E-state index in [-0.39, 0.29) is 24.0 Å². The van der Waals surface area contributed by atoms with Crippen molar-refractivity contribution >= 4 is 41.7 Å². The Morgan fingerprint density at radius 1 is 1.19 bits per heavy atom. The number of hydrogen-bond acceptors (Lipinski definition) is 3. The minimum Gasteiger partial charge on any atom is -0.497 e. The Hall–Kier alpha value is -0.630. The molecule has 0 spiro atoms. The minimum atomic E-state index is 0. The van der Waals surface area contributed by atoms with Crippen molar-refractivity contribution < 1.29 is 4.74 Å². The highest BCUT2D eigenvalue weighted by atomic mass is 127. The number of halogens is 1. The summed E-state index contributed by atoms with van der Waals surface area (Å²) in [6.07, 6.45) is 4.55. The summed E-state index contributed by atoms with van der Waals surface area (Å²) in [6.45, 7) is 1.72. The van der Waals surface area contributed by atoms with Gasteiger partial charge in [-0.1, -0.05) is 12.1 Å². The second-order valence-corrected chi connectivity index (χ2v) is 5.39. The Morgan fingerprint density at radius 2 is 1.90 bits per heavy atom. The van der Waals surface area contributed by atoms with Gasteiger partial charge in [0.1, 0.15) is 5.75 Å². The van der Waals surface area contributed by atoms with Gasteiger partial charge in [-0.15, -0.1) is 24.0 Å². The highest BCUT2D eigenvalue weighted by molar-refractivity contribution is 14.0. The second-order valence-electron chi connectivity index (χ2n) is 4.40. The average Bonchev–Trinajstić information content (AvgIpc) is 2.50. The summed E-state index contributed by atoms with van der Waals surface area (Å²) in [6, 6.07) is 8.04. The molecule has 0 fully saturated rings. The summed E-state index contributed by atoms with van der Waals surface area (Å²) in [5, 5.41) is 6.63. The normalized spacial score (nSPS) is 10.7. The van der Waals surface area contributed by atoms with Gasteiger partial charge >= 0.3 is 0 Å². The van der Waals surface area contributed by atoms with Crippen molar-refractivity contribution in [1.29, 1.82) is 0 Å². The summed E-state index contributed by atoms with van der Waals surface area (Å²) in [5.74, 6) is 2.95. The van der Waals surface area contributed by atoms with Crippen molar-refractivity contribution in [3.8, 4) is 5.75 Å². The monoisotopic (exact) mass is 423 g/mol. The molecule has 0 heterocycles. The first-order chi connectivity index (χ1) is 9.80. The van der Waals surface area contributed by atoms with Gasteiger partial charge in [0.2, 0.25) is 0 Å². The third-order valence-corrected chi connectivity index (χ3v) is 3.61. The molecule has 1 aromatic carbocycles. The van der Waals surface area contributed by atoms with E-state index in [1.54, 1.807) is 14.2 Å². The number of unbranched alkanes of at least 4 members (excludes halogenated alkanes) is 1. The minimum absolute atomic E-state index is 0. The molecule has 0 aromatic heterocycles. The van der Waals surface area contributed by atoms with E-state index in [1.807, 2.05) is 23.9 Å².